The van der Waals surface area contributed by atoms with Crippen LogP contribution in [-0.2, 0) is 0 Å². The Labute approximate surface area is 195 Å². The number of carbonyl (C=O) groups excluding carboxylic acids is 2. The maximum Gasteiger partial charge on any atom is 0.255 e. The molecule has 0 spiro atoms. The number of benzene rings is 3. The molecular formula is C24H20Cl2FN3O2. The number of carbonyl (C=O) groups is 2. The second-order valence-electron chi connectivity index (χ2n) is 7.42. The summed E-state index contributed by atoms with van der Waals surface area (Å²) in [4.78, 5) is 29.0. The predicted octanol–water partition coefficient (Wildman–Crippen LogP) is 5.35. The zero-order chi connectivity index (χ0) is 22.7. The summed E-state index contributed by atoms with van der Waals surface area (Å²) in [6.45, 7) is 2.12. The summed E-state index contributed by atoms with van der Waals surface area (Å²) < 4.78 is 14.0. The van der Waals surface area contributed by atoms with Gasteiger partial charge in [0, 0.05) is 53.0 Å². The first-order valence-electron chi connectivity index (χ1n) is 10.1. The maximum atomic E-state index is 14.0. The van der Waals surface area contributed by atoms with E-state index in [1.807, 2.05) is 4.90 Å². The lowest BCUT2D eigenvalue weighted by Gasteiger charge is -2.36. The quantitative estimate of drug-likeness (QED) is 0.557. The first-order valence-corrected chi connectivity index (χ1v) is 10.8. The molecule has 1 aliphatic heterocycles. The zero-order valence-corrected chi connectivity index (χ0v) is 18.5. The minimum absolute atomic E-state index is 0.0994. The fraction of sp³-hybridized carbons (Fsp3) is 0.167. The third kappa shape index (κ3) is 5.03. The molecule has 0 radical (unpaired) electrons. The van der Waals surface area contributed by atoms with Gasteiger partial charge in [-0.25, -0.2) is 4.39 Å². The fourth-order valence-electron chi connectivity index (χ4n) is 3.63. The lowest BCUT2D eigenvalue weighted by Crippen LogP contribution is -2.49. The molecule has 3 aromatic carbocycles. The zero-order valence-electron chi connectivity index (χ0n) is 17.0. The van der Waals surface area contributed by atoms with Crippen LogP contribution >= 0.6 is 23.2 Å². The molecule has 3 aromatic rings. The number of rotatable bonds is 4. The van der Waals surface area contributed by atoms with E-state index < -0.39 is 0 Å². The van der Waals surface area contributed by atoms with Gasteiger partial charge < -0.3 is 15.1 Å². The Morgan fingerprint density at radius 1 is 0.812 bits per heavy atom. The van der Waals surface area contributed by atoms with E-state index in [9.17, 15) is 14.0 Å². The molecule has 8 heteroatoms. The van der Waals surface area contributed by atoms with E-state index >= 15 is 0 Å². The first-order chi connectivity index (χ1) is 15.4. The number of amides is 2. The van der Waals surface area contributed by atoms with Crippen molar-refractivity contribution in [3.63, 3.8) is 0 Å². The topological polar surface area (TPSA) is 52.7 Å². The number of halogens is 3. The Bertz CT molecular complexity index is 1130. The van der Waals surface area contributed by atoms with E-state index in [-0.39, 0.29) is 17.6 Å². The van der Waals surface area contributed by atoms with Crippen molar-refractivity contribution in [2.75, 3.05) is 36.4 Å². The van der Waals surface area contributed by atoms with Crippen LogP contribution < -0.4 is 10.2 Å². The normalized spacial score (nSPS) is 13.7. The Balaban J connectivity index is 1.36. The molecule has 32 heavy (non-hydrogen) atoms. The monoisotopic (exact) mass is 471 g/mol. The lowest BCUT2D eigenvalue weighted by molar-refractivity contribution is 0.0746. The largest absolute Gasteiger partial charge is 0.366 e. The van der Waals surface area contributed by atoms with Crippen molar-refractivity contribution in [3.8, 4) is 0 Å². The molecule has 1 aliphatic rings. The van der Waals surface area contributed by atoms with E-state index in [1.54, 1.807) is 53.4 Å². The molecule has 0 aromatic heterocycles. The average Bonchev–Trinajstić information content (AvgIpc) is 2.79. The van der Waals surface area contributed by atoms with Crippen molar-refractivity contribution in [3.05, 3.63) is 93.7 Å². The molecule has 0 unspecified atom stereocenters. The molecule has 4 rings (SSSR count). The number of hydrogen-bond donors (Lipinski definition) is 1. The standard InChI is InChI=1S/C24H20Cl2FN3O2/c25-18-13-17(14-19(26)15-18)23(31)28-20-7-5-16(6-8-20)24(32)30-11-9-29(10-12-30)22-4-2-1-3-21(22)27/h1-8,13-15H,9-12H2,(H,28,31). The van der Waals surface area contributed by atoms with Gasteiger partial charge in [-0.05, 0) is 54.6 Å². The molecular weight excluding hydrogens is 452 g/mol. The van der Waals surface area contributed by atoms with Crippen molar-refractivity contribution < 1.29 is 14.0 Å². The molecule has 1 saturated heterocycles. The summed E-state index contributed by atoms with van der Waals surface area (Å²) >= 11 is 11.9. The number of para-hydroxylation sites is 1. The van der Waals surface area contributed by atoms with Crippen LogP contribution in [0.1, 0.15) is 20.7 Å². The SMILES string of the molecule is O=C(Nc1ccc(C(=O)N2CCN(c3ccccc3F)CC2)cc1)c1cc(Cl)cc(Cl)c1. The minimum Gasteiger partial charge on any atom is -0.366 e. The van der Waals surface area contributed by atoms with Gasteiger partial charge in [-0.15, -0.1) is 0 Å². The van der Waals surface area contributed by atoms with Crippen LogP contribution in [-0.4, -0.2) is 42.9 Å². The van der Waals surface area contributed by atoms with Crippen LogP contribution in [0.5, 0.6) is 0 Å². The summed E-state index contributed by atoms with van der Waals surface area (Å²) in [5.74, 6) is -0.708. The summed E-state index contributed by atoms with van der Waals surface area (Å²) in [6.07, 6.45) is 0. The maximum absolute atomic E-state index is 14.0. The Hall–Kier alpha value is -3.09. The average molecular weight is 472 g/mol. The molecule has 164 valence electrons. The Kier molecular flexibility index (Phi) is 6.63. The van der Waals surface area contributed by atoms with Crippen molar-refractivity contribution in [2.24, 2.45) is 0 Å². The Morgan fingerprint density at radius 2 is 1.44 bits per heavy atom. The molecule has 1 N–H and O–H groups in total. The van der Waals surface area contributed by atoms with Crippen molar-refractivity contribution in [1.29, 1.82) is 0 Å². The van der Waals surface area contributed by atoms with E-state index in [4.69, 9.17) is 23.2 Å². The van der Waals surface area contributed by atoms with Crippen LogP contribution in [0, 0.1) is 5.82 Å². The number of nitrogens with zero attached hydrogens (tertiary/aromatic N) is 2. The first kappa shape index (κ1) is 22.1. The van der Waals surface area contributed by atoms with Gasteiger partial charge in [0.1, 0.15) is 5.82 Å². The van der Waals surface area contributed by atoms with Gasteiger partial charge in [-0.1, -0.05) is 35.3 Å². The number of hydrogen-bond acceptors (Lipinski definition) is 3. The Morgan fingerprint density at radius 3 is 2.06 bits per heavy atom. The molecule has 5 nitrogen and oxygen atoms in total. The highest BCUT2D eigenvalue weighted by atomic mass is 35.5. The highest BCUT2D eigenvalue weighted by Gasteiger charge is 2.23. The molecule has 1 fully saturated rings. The van der Waals surface area contributed by atoms with Crippen LogP contribution in [0.3, 0.4) is 0 Å². The van der Waals surface area contributed by atoms with Crippen molar-refractivity contribution in [1.82, 2.24) is 4.90 Å². The summed E-state index contributed by atoms with van der Waals surface area (Å²) in [7, 11) is 0. The van der Waals surface area contributed by atoms with Gasteiger partial charge in [-0.3, -0.25) is 9.59 Å². The summed E-state index contributed by atoms with van der Waals surface area (Å²) in [6, 6.07) is 18.0. The molecule has 0 aliphatic carbocycles. The van der Waals surface area contributed by atoms with Gasteiger partial charge in [0.25, 0.3) is 11.8 Å². The smallest absolute Gasteiger partial charge is 0.255 e. The van der Waals surface area contributed by atoms with Gasteiger partial charge >= 0.3 is 0 Å². The molecule has 0 atom stereocenters. The molecule has 1 heterocycles. The van der Waals surface area contributed by atoms with E-state index in [0.29, 0.717) is 58.7 Å². The fourth-order valence-corrected chi connectivity index (χ4v) is 4.15. The highest BCUT2D eigenvalue weighted by Crippen LogP contribution is 2.22. The van der Waals surface area contributed by atoms with Gasteiger partial charge in [0.2, 0.25) is 0 Å². The second kappa shape index (κ2) is 9.59. The van der Waals surface area contributed by atoms with Crippen LogP contribution in [0.2, 0.25) is 10.0 Å². The molecule has 0 bridgehead atoms. The minimum atomic E-state index is -0.349. The third-order valence-corrected chi connectivity index (χ3v) is 5.71. The van der Waals surface area contributed by atoms with Crippen LogP contribution in [0.15, 0.2) is 66.7 Å². The molecule has 2 amide bonds. The number of nitrogens with one attached hydrogen (secondary N) is 1. The highest BCUT2D eigenvalue weighted by molar-refractivity contribution is 6.35. The van der Waals surface area contributed by atoms with E-state index in [2.05, 4.69) is 5.32 Å². The number of anilines is 2. The summed E-state index contributed by atoms with van der Waals surface area (Å²) in [5.41, 5.74) is 1.97. The van der Waals surface area contributed by atoms with Crippen molar-refractivity contribution >= 4 is 46.4 Å². The van der Waals surface area contributed by atoms with Crippen LogP contribution in [0.4, 0.5) is 15.8 Å². The second-order valence-corrected chi connectivity index (χ2v) is 8.29. The summed E-state index contributed by atoms with van der Waals surface area (Å²) in [5, 5.41) is 3.51. The van der Waals surface area contributed by atoms with E-state index in [0.717, 1.165) is 0 Å². The van der Waals surface area contributed by atoms with Gasteiger partial charge in [0.05, 0.1) is 5.69 Å². The van der Waals surface area contributed by atoms with Crippen molar-refractivity contribution in [2.45, 2.75) is 0 Å². The lowest BCUT2D eigenvalue weighted by atomic mass is 10.1. The third-order valence-electron chi connectivity index (χ3n) is 5.27. The van der Waals surface area contributed by atoms with Crippen LogP contribution in [0.25, 0.3) is 0 Å². The van der Waals surface area contributed by atoms with Gasteiger partial charge in [0.15, 0.2) is 0 Å². The van der Waals surface area contributed by atoms with Gasteiger partial charge in [-0.2, -0.15) is 0 Å². The number of piperazine rings is 1. The van der Waals surface area contributed by atoms with E-state index in [1.165, 1.54) is 18.2 Å². The predicted molar refractivity (Wildman–Crippen MR) is 125 cm³/mol. The molecule has 0 saturated carbocycles.